The van der Waals surface area contributed by atoms with Crippen molar-refractivity contribution in [1.29, 1.82) is 5.41 Å². The molecule has 0 radical (unpaired) electrons. The second-order valence-electron chi connectivity index (χ2n) is 4.37. The number of nitrogens with one attached hydrogen (secondary N) is 1. The van der Waals surface area contributed by atoms with Crippen LogP contribution in [0, 0.1) is 11.3 Å². The Hall–Kier alpha value is -2.24. The first-order valence-corrected chi connectivity index (χ1v) is 5.90. The average Bonchev–Trinajstić information content (AvgIpc) is 2.36. The van der Waals surface area contributed by atoms with Gasteiger partial charge in [-0.05, 0) is 22.9 Å². The van der Waals surface area contributed by atoms with Gasteiger partial charge in [-0.15, -0.1) is 0 Å². The lowest BCUT2D eigenvalue weighted by Crippen LogP contribution is -2.39. The highest BCUT2D eigenvalue weighted by atomic mass is 19.4. The van der Waals surface area contributed by atoms with Crippen molar-refractivity contribution in [2.45, 2.75) is 6.18 Å². The smallest absolute Gasteiger partial charge is 0.401 e. The van der Waals surface area contributed by atoms with E-state index in [9.17, 15) is 13.2 Å². The zero-order valence-electron chi connectivity index (χ0n) is 10.4. The van der Waals surface area contributed by atoms with Crippen LogP contribution in [-0.4, -0.2) is 18.6 Å². The van der Waals surface area contributed by atoms with Crippen molar-refractivity contribution < 1.29 is 17.9 Å². The first-order valence-electron chi connectivity index (χ1n) is 5.90. The van der Waals surface area contributed by atoms with E-state index < -0.39 is 24.5 Å². The molecule has 0 heterocycles. The van der Waals surface area contributed by atoms with Crippen LogP contribution in [0.2, 0.25) is 0 Å². The number of alkyl halides is 3. The highest BCUT2D eigenvalue weighted by Gasteiger charge is 2.42. The fraction of sp³-hybridized carbons (Fsp3) is 0.214. The van der Waals surface area contributed by atoms with E-state index in [-0.39, 0.29) is 0 Å². The van der Waals surface area contributed by atoms with Crippen LogP contribution in [0.4, 0.5) is 13.2 Å². The minimum Gasteiger partial charge on any atom is -0.492 e. The Morgan fingerprint density at radius 2 is 1.80 bits per heavy atom. The van der Waals surface area contributed by atoms with Crippen LogP contribution in [0.1, 0.15) is 0 Å². The van der Waals surface area contributed by atoms with Gasteiger partial charge >= 0.3 is 6.18 Å². The molecule has 6 heteroatoms. The van der Waals surface area contributed by atoms with Gasteiger partial charge in [0, 0.05) is 0 Å². The van der Waals surface area contributed by atoms with Gasteiger partial charge in [0.2, 0.25) is 0 Å². The van der Waals surface area contributed by atoms with E-state index in [1.807, 2.05) is 24.3 Å². The number of nitrogens with two attached hydrogens (primary N) is 1. The van der Waals surface area contributed by atoms with Crippen molar-refractivity contribution in [1.82, 2.24) is 0 Å². The maximum atomic E-state index is 12.6. The molecule has 2 aromatic carbocycles. The van der Waals surface area contributed by atoms with Gasteiger partial charge in [-0.1, -0.05) is 30.3 Å². The topological polar surface area (TPSA) is 59.1 Å². The maximum absolute atomic E-state index is 12.6. The first kappa shape index (κ1) is 14.2. The van der Waals surface area contributed by atoms with E-state index >= 15 is 0 Å². The molecule has 0 aromatic heterocycles. The van der Waals surface area contributed by atoms with E-state index in [1.54, 1.807) is 18.2 Å². The third-order valence-corrected chi connectivity index (χ3v) is 2.91. The number of amidine groups is 1. The number of benzene rings is 2. The number of ether oxygens (including phenoxy) is 1. The van der Waals surface area contributed by atoms with E-state index in [1.165, 1.54) is 0 Å². The molecule has 0 saturated heterocycles. The largest absolute Gasteiger partial charge is 0.492 e. The summed E-state index contributed by atoms with van der Waals surface area (Å²) >= 11 is 0. The highest BCUT2D eigenvalue weighted by molar-refractivity contribution is 5.83. The van der Waals surface area contributed by atoms with Gasteiger partial charge in [0.1, 0.15) is 24.1 Å². The molecule has 0 spiro atoms. The van der Waals surface area contributed by atoms with Gasteiger partial charge in [-0.2, -0.15) is 13.2 Å². The second kappa shape index (κ2) is 5.40. The van der Waals surface area contributed by atoms with E-state index in [0.29, 0.717) is 5.75 Å². The predicted octanol–water partition coefficient (Wildman–Crippen LogP) is 3.33. The molecule has 3 nitrogen and oxygen atoms in total. The number of fused-ring (bicyclic) bond motifs is 1. The summed E-state index contributed by atoms with van der Waals surface area (Å²) in [4.78, 5) is 0. The highest BCUT2D eigenvalue weighted by Crippen LogP contribution is 2.27. The Labute approximate surface area is 113 Å². The van der Waals surface area contributed by atoms with Crippen LogP contribution in [0.5, 0.6) is 5.75 Å². The molecule has 1 atom stereocenters. The normalized spacial score (nSPS) is 13.2. The zero-order chi connectivity index (χ0) is 14.8. The molecular formula is C14H13F3N2O. The van der Waals surface area contributed by atoms with Gasteiger partial charge in [-0.3, -0.25) is 5.41 Å². The quantitative estimate of drug-likeness (QED) is 0.667. The van der Waals surface area contributed by atoms with Gasteiger partial charge in [0.15, 0.2) is 0 Å². The standard InChI is InChI=1S/C14H13F3N2O/c15-14(16,17)12(13(18)19)8-20-11-6-5-9-3-1-2-4-10(9)7-11/h1-7,12H,8H2,(H3,18,19). The summed E-state index contributed by atoms with van der Waals surface area (Å²) in [5.41, 5.74) is 4.96. The van der Waals surface area contributed by atoms with Crippen molar-refractivity contribution >= 4 is 16.6 Å². The Balaban J connectivity index is 2.14. The Kier molecular flexibility index (Phi) is 3.83. The molecule has 0 saturated carbocycles. The molecule has 0 aliphatic rings. The summed E-state index contributed by atoms with van der Waals surface area (Å²) < 4.78 is 43.0. The van der Waals surface area contributed by atoms with E-state index in [2.05, 4.69) is 0 Å². The Morgan fingerprint density at radius 1 is 1.15 bits per heavy atom. The van der Waals surface area contributed by atoms with Crippen LogP contribution >= 0.6 is 0 Å². The SMILES string of the molecule is N=C(N)C(COc1ccc2ccccc2c1)C(F)(F)F. The minimum absolute atomic E-state index is 0.319. The third-order valence-electron chi connectivity index (χ3n) is 2.91. The molecule has 20 heavy (non-hydrogen) atoms. The van der Waals surface area contributed by atoms with Crippen LogP contribution < -0.4 is 10.5 Å². The van der Waals surface area contributed by atoms with Crippen LogP contribution in [0.15, 0.2) is 42.5 Å². The molecule has 0 fully saturated rings. The number of hydrogen-bond donors (Lipinski definition) is 2. The van der Waals surface area contributed by atoms with E-state index in [0.717, 1.165) is 10.8 Å². The van der Waals surface area contributed by atoms with Crippen LogP contribution in [-0.2, 0) is 0 Å². The lowest BCUT2D eigenvalue weighted by molar-refractivity contribution is -0.162. The maximum Gasteiger partial charge on any atom is 0.401 e. The molecule has 1 unspecified atom stereocenters. The molecule has 0 aliphatic carbocycles. The van der Waals surface area contributed by atoms with Gasteiger partial charge in [-0.25, -0.2) is 0 Å². The predicted molar refractivity (Wildman–Crippen MR) is 70.9 cm³/mol. The number of rotatable bonds is 4. The number of halogens is 3. The molecule has 0 bridgehead atoms. The summed E-state index contributed by atoms with van der Waals surface area (Å²) in [7, 11) is 0. The van der Waals surface area contributed by atoms with Crippen molar-refractivity contribution in [3.8, 4) is 5.75 Å². The lowest BCUT2D eigenvalue weighted by atomic mass is 10.1. The van der Waals surface area contributed by atoms with Crippen molar-refractivity contribution in [2.75, 3.05) is 6.61 Å². The Bertz CT molecular complexity index is 625. The average molecular weight is 282 g/mol. The van der Waals surface area contributed by atoms with Gasteiger partial charge < -0.3 is 10.5 Å². The molecule has 2 rings (SSSR count). The molecule has 106 valence electrons. The van der Waals surface area contributed by atoms with Crippen LogP contribution in [0.3, 0.4) is 0 Å². The Morgan fingerprint density at radius 3 is 2.40 bits per heavy atom. The van der Waals surface area contributed by atoms with Gasteiger partial charge in [0.05, 0.1) is 0 Å². The minimum atomic E-state index is -4.58. The lowest BCUT2D eigenvalue weighted by Gasteiger charge is -2.19. The molecular weight excluding hydrogens is 269 g/mol. The summed E-state index contributed by atoms with van der Waals surface area (Å²) in [5.74, 6) is -2.72. The first-order chi connectivity index (χ1) is 9.38. The molecule has 0 aliphatic heterocycles. The fourth-order valence-corrected chi connectivity index (χ4v) is 1.80. The third kappa shape index (κ3) is 3.20. The van der Waals surface area contributed by atoms with Crippen molar-refractivity contribution in [3.63, 3.8) is 0 Å². The monoisotopic (exact) mass is 282 g/mol. The summed E-state index contributed by atoms with van der Waals surface area (Å²) in [5, 5.41) is 8.82. The van der Waals surface area contributed by atoms with E-state index in [4.69, 9.17) is 15.9 Å². The van der Waals surface area contributed by atoms with Crippen molar-refractivity contribution in [3.05, 3.63) is 42.5 Å². The van der Waals surface area contributed by atoms with Crippen LogP contribution in [0.25, 0.3) is 10.8 Å². The zero-order valence-corrected chi connectivity index (χ0v) is 10.4. The summed E-state index contributed by atoms with van der Waals surface area (Å²) in [6.45, 7) is -0.697. The number of hydrogen-bond acceptors (Lipinski definition) is 2. The molecule has 2 aromatic rings. The second-order valence-corrected chi connectivity index (χ2v) is 4.37. The molecule has 0 amide bonds. The van der Waals surface area contributed by atoms with Crippen molar-refractivity contribution in [2.24, 2.45) is 11.7 Å². The molecule has 3 N–H and O–H groups in total. The summed E-state index contributed by atoms with van der Waals surface area (Å²) in [6, 6.07) is 12.5. The summed E-state index contributed by atoms with van der Waals surface area (Å²) in [6.07, 6.45) is -4.58. The fourth-order valence-electron chi connectivity index (χ4n) is 1.80. The van der Waals surface area contributed by atoms with Gasteiger partial charge in [0.25, 0.3) is 0 Å².